The van der Waals surface area contributed by atoms with E-state index in [-0.39, 0.29) is 17.5 Å². The smallest absolute Gasteiger partial charge is 0.311 e. The Morgan fingerprint density at radius 3 is 2.45 bits per heavy atom. The molecule has 0 fully saturated rings. The highest BCUT2D eigenvalue weighted by atomic mass is 16.6. The standard InChI is InChI=1S/C15H16N2O3/c1-2-13(16)11-7-9-12(10-8-11)20-15-6-4-3-5-14(15)17(18)19/h3-10,13H,2,16H2,1H3/t13-/m0/s1. The van der Waals surface area contributed by atoms with E-state index in [9.17, 15) is 10.1 Å². The second-order valence-corrected chi connectivity index (χ2v) is 4.41. The van der Waals surface area contributed by atoms with Gasteiger partial charge in [-0.1, -0.05) is 31.2 Å². The highest BCUT2D eigenvalue weighted by molar-refractivity contribution is 5.48. The second-order valence-electron chi connectivity index (χ2n) is 4.41. The first-order valence-electron chi connectivity index (χ1n) is 6.38. The van der Waals surface area contributed by atoms with Gasteiger partial charge < -0.3 is 10.5 Å². The van der Waals surface area contributed by atoms with Gasteiger partial charge in [0, 0.05) is 12.1 Å². The predicted octanol–water partition coefficient (Wildman–Crippen LogP) is 3.80. The van der Waals surface area contributed by atoms with Crippen LogP contribution in [0.4, 0.5) is 5.69 Å². The molecule has 2 aromatic rings. The van der Waals surface area contributed by atoms with Crippen LogP contribution in [0.1, 0.15) is 24.9 Å². The SMILES string of the molecule is CC[C@H](N)c1ccc(Oc2ccccc2[N+](=O)[O-])cc1. The van der Waals surface area contributed by atoms with Gasteiger partial charge in [0.2, 0.25) is 5.75 Å². The fraction of sp³-hybridized carbons (Fsp3) is 0.200. The average molecular weight is 272 g/mol. The zero-order valence-corrected chi connectivity index (χ0v) is 11.2. The number of nitro benzene ring substituents is 1. The predicted molar refractivity (Wildman–Crippen MR) is 76.8 cm³/mol. The van der Waals surface area contributed by atoms with E-state index in [1.807, 2.05) is 19.1 Å². The topological polar surface area (TPSA) is 78.4 Å². The van der Waals surface area contributed by atoms with Crippen molar-refractivity contribution in [1.29, 1.82) is 0 Å². The van der Waals surface area contributed by atoms with Gasteiger partial charge in [-0.3, -0.25) is 10.1 Å². The maximum atomic E-state index is 10.9. The Balaban J connectivity index is 2.20. The normalized spacial score (nSPS) is 11.9. The van der Waals surface area contributed by atoms with Crippen molar-refractivity contribution in [2.24, 2.45) is 5.73 Å². The lowest BCUT2D eigenvalue weighted by Gasteiger charge is -2.10. The molecule has 0 aliphatic rings. The molecule has 2 rings (SSSR count). The van der Waals surface area contributed by atoms with Crippen molar-refractivity contribution in [3.05, 3.63) is 64.2 Å². The third-order valence-electron chi connectivity index (χ3n) is 3.04. The molecule has 20 heavy (non-hydrogen) atoms. The van der Waals surface area contributed by atoms with Crippen molar-refractivity contribution >= 4 is 5.69 Å². The molecular weight excluding hydrogens is 256 g/mol. The summed E-state index contributed by atoms with van der Waals surface area (Å²) in [6, 6.07) is 13.6. The number of hydrogen-bond donors (Lipinski definition) is 1. The van der Waals surface area contributed by atoms with E-state index in [0.717, 1.165) is 12.0 Å². The Labute approximate surface area is 117 Å². The monoisotopic (exact) mass is 272 g/mol. The summed E-state index contributed by atoms with van der Waals surface area (Å²) in [4.78, 5) is 10.4. The van der Waals surface area contributed by atoms with E-state index in [2.05, 4.69) is 0 Å². The third kappa shape index (κ3) is 3.13. The lowest BCUT2D eigenvalue weighted by atomic mass is 10.1. The molecular formula is C15H16N2O3. The van der Waals surface area contributed by atoms with Crippen LogP contribution in [0, 0.1) is 10.1 Å². The Bertz CT molecular complexity index is 596. The summed E-state index contributed by atoms with van der Waals surface area (Å²) in [5, 5.41) is 10.9. The van der Waals surface area contributed by atoms with Gasteiger partial charge in [-0.2, -0.15) is 0 Å². The summed E-state index contributed by atoms with van der Waals surface area (Å²) in [5.41, 5.74) is 6.89. The molecule has 2 aromatic carbocycles. The number of hydrogen-bond acceptors (Lipinski definition) is 4. The van der Waals surface area contributed by atoms with Crippen LogP contribution in [0.2, 0.25) is 0 Å². The minimum atomic E-state index is -0.462. The summed E-state index contributed by atoms with van der Waals surface area (Å²) in [5.74, 6) is 0.774. The van der Waals surface area contributed by atoms with Crippen LogP contribution >= 0.6 is 0 Å². The Kier molecular flexibility index (Phi) is 4.32. The molecule has 0 amide bonds. The summed E-state index contributed by atoms with van der Waals surface area (Å²) in [6.07, 6.45) is 0.852. The highest BCUT2D eigenvalue weighted by Gasteiger charge is 2.14. The van der Waals surface area contributed by atoms with Crippen molar-refractivity contribution in [2.75, 3.05) is 0 Å². The summed E-state index contributed by atoms with van der Waals surface area (Å²) >= 11 is 0. The molecule has 0 spiro atoms. The van der Waals surface area contributed by atoms with Crippen molar-refractivity contribution < 1.29 is 9.66 Å². The van der Waals surface area contributed by atoms with E-state index in [4.69, 9.17) is 10.5 Å². The van der Waals surface area contributed by atoms with E-state index in [1.54, 1.807) is 30.3 Å². The maximum absolute atomic E-state index is 10.9. The van der Waals surface area contributed by atoms with Gasteiger partial charge in [0.1, 0.15) is 5.75 Å². The highest BCUT2D eigenvalue weighted by Crippen LogP contribution is 2.31. The van der Waals surface area contributed by atoms with Crippen LogP contribution < -0.4 is 10.5 Å². The third-order valence-corrected chi connectivity index (χ3v) is 3.04. The average Bonchev–Trinajstić information content (AvgIpc) is 2.47. The first kappa shape index (κ1) is 14.0. The van der Waals surface area contributed by atoms with Crippen molar-refractivity contribution in [2.45, 2.75) is 19.4 Å². The summed E-state index contributed by atoms with van der Waals surface area (Å²) in [6.45, 7) is 2.02. The molecule has 0 radical (unpaired) electrons. The van der Waals surface area contributed by atoms with Crippen molar-refractivity contribution in [3.63, 3.8) is 0 Å². The number of nitro groups is 1. The number of rotatable bonds is 5. The molecule has 0 saturated carbocycles. The quantitative estimate of drug-likeness (QED) is 0.663. The fourth-order valence-corrected chi connectivity index (χ4v) is 1.84. The first-order chi connectivity index (χ1) is 9.61. The van der Waals surface area contributed by atoms with E-state index < -0.39 is 4.92 Å². The molecule has 2 N–H and O–H groups in total. The van der Waals surface area contributed by atoms with Crippen LogP contribution in [0.15, 0.2) is 48.5 Å². The van der Waals surface area contributed by atoms with Gasteiger partial charge >= 0.3 is 5.69 Å². The van der Waals surface area contributed by atoms with Crippen LogP contribution in [0.25, 0.3) is 0 Å². The van der Waals surface area contributed by atoms with Crippen molar-refractivity contribution in [1.82, 2.24) is 0 Å². The molecule has 0 bridgehead atoms. The zero-order valence-electron chi connectivity index (χ0n) is 11.2. The van der Waals surface area contributed by atoms with Crippen LogP contribution in [0.5, 0.6) is 11.5 Å². The van der Waals surface area contributed by atoms with E-state index in [0.29, 0.717) is 5.75 Å². The van der Waals surface area contributed by atoms with Gasteiger partial charge in [0.05, 0.1) is 4.92 Å². The Hall–Kier alpha value is -2.40. The van der Waals surface area contributed by atoms with Crippen LogP contribution in [-0.2, 0) is 0 Å². The molecule has 0 aromatic heterocycles. The molecule has 0 heterocycles. The van der Waals surface area contributed by atoms with E-state index >= 15 is 0 Å². The lowest BCUT2D eigenvalue weighted by Crippen LogP contribution is -2.08. The Morgan fingerprint density at radius 1 is 1.20 bits per heavy atom. The molecule has 0 unspecified atom stereocenters. The van der Waals surface area contributed by atoms with Crippen LogP contribution in [-0.4, -0.2) is 4.92 Å². The molecule has 0 aliphatic heterocycles. The minimum Gasteiger partial charge on any atom is -0.450 e. The number of benzene rings is 2. The summed E-state index contributed by atoms with van der Waals surface area (Å²) in [7, 11) is 0. The number of para-hydroxylation sites is 2. The van der Waals surface area contributed by atoms with Crippen molar-refractivity contribution in [3.8, 4) is 11.5 Å². The molecule has 5 nitrogen and oxygen atoms in total. The summed E-state index contributed by atoms with van der Waals surface area (Å²) < 4.78 is 5.56. The largest absolute Gasteiger partial charge is 0.450 e. The van der Waals surface area contributed by atoms with Gasteiger partial charge in [0.25, 0.3) is 0 Å². The first-order valence-corrected chi connectivity index (χ1v) is 6.38. The minimum absolute atomic E-state index is 0.00453. The lowest BCUT2D eigenvalue weighted by molar-refractivity contribution is -0.385. The maximum Gasteiger partial charge on any atom is 0.311 e. The number of ether oxygens (including phenoxy) is 1. The van der Waals surface area contributed by atoms with Crippen LogP contribution in [0.3, 0.4) is 0 Å². The van der Waals surface area contributed by atoms with Gasteiger partial charge in [-0.15, -0.1) is 0 Å². The molecule has 0 saturated heterocycles. The fourth-order valence-electron chi connectivity index (χ4n) is 1.84. The molecule has 5 heteroatoms. The van der Waals surface area contributed by atoms with Gasteiger partial charge in [-0.25, -0.2) is 0 Å². The molecule has 104 valence electrons. The Morgan fingerprint density at radius 2 is 1.85 bits per heavy atom. The zero-order chi connectivity index (χ0) is 14.5. The number of nitrogens with two attached hydrogens (primary N) is 1. The molecule has 1 atom stereocenters. The second kappa shape index (κ2) is 6.16. The van der Waals surface area contributed by atoms with Gasteiger partial charge in [-0.05, 0) is 30.2 Å². The molecule has 0 aliphatic carbocycles. The number of nitrogens with zero attached hydrogens (tertiary/aromatic N) is 1. The van der Waals surface area contributed by atoms with Gasteiger partial charge in [0.15, 0.2) is 0 Å². The van der Waals surface area contributed by atoms with E-state index in [1.165, 1.54) is 6.07 Å².